The van der Waals surface area contributed by atoms with Gasteiger partial charge in [-0.25, -0.2) is 0 Å². The van der Waals surface area contributed by atoms with E-state index in [-0.39, 0.29) is 12.1 Å². The fourth-order valence-electron chi connectivity index (χ4n) is 2.26. The summed E-state index contributed by atoms with van der Waals surface area (Å²) in [5.41, 5.74) is 2.42. The Labute approximate surface area is 109 Å². The first kappa shape index (κ1) is 12.8. The molecule has 2 atom stereocenters. The number of nitrogens with one attached hydrogen (secondary N) is 1. The van der Waals surface area contributed by atoms with Crippen molar-refractivity contribution in [2.75, 3.05) is 14.2 Å². The van der Waals surface area contributed by atoms with E-state index in [4.69, 9.17) is 4.74 Å². The van der Waals surface area contributed by atoms with Crippen LogP contribution < -0.4 is 5.32 Å². The van der Waals surface area contributed by atoms with Crippen LogP contribution in [0.25, 0.3) is 0 Å². The molecule has 0 saturated carbocycles. The van der Waals surface area contributed by atoms with Gasteiger partial charge in [0.2, 0.25) is 0 Å². The van der Waals surface area contributed by atoms with Crippen LogP contribution in [-0.2, 0) is 4.74 Å². The van der Waals surface area contributed by atoms with Crippen LogP contribution in [0.4, 0.5) is 0 Å². The first-order valence-electron chi connectivity index (χ1n) is 6.16. The van der Waals surface area contributed by atoms with E-state index in [0.29, 0.717) is 0 Å². The normalized spacial score (nSPS) is 14.1. The van der Waals surface area contributed by atoms with E-state index >= 15 is 0 Å². The summed E-state index contributed by atoms with van der Waals surface area (Å²) >= 11 is 0. The van der Waals surface area contributed by atoms with E-state index in [9.17, 15) is 0 Å². The summed E-state index contributed by atoms with van der Waals surface area (Å²) in [7, 11) is 3.72. The van der Waals surface area contributed by atoms with Gasteiger partial charge in [0.25, 0.3) is 0 Å². The van der Waals surface area contributed by atoms with Gasteiger partial charge in [-0.05, 0) is 18.2 Å². The molecule has 2 heteroatoms. The van der Waals surface area contributed by atoms with Crippen molar-refractivity contribution in [1.29, 1.82) is 0 Å². The molecule has 0 saturated heterocycles. The molecule has 2 aromatic carbocycles. The highest BCUT2D eigenvalue weighted by Crippen LogP contribution is 2.30. The first-order valence-corrected chi connectivity index (χ1v) is 6.16. The van der Waals surface area contributed by atoms with Crippen molar-refractivity contribution in [2.45, 2.75) is 12.1 Å². The van der Waals surface area contributed by atoms with Gasteiger partial charge < -0.3 is 10.1 Å². The average Bonchev–Trinajstić information content (AvgIpc) is 2.46. The Morgan fingerprint density at radius 3 is 1.78 bits per heavy atom. The highest BCUT2D eigenvalue weighted by molar-refractivity contribution is 5.26. The van der Waals surface area contributed by atoms with Gasteiger partial charge in [0.05, 0.1) is 6.04 Å². The molecular formula is C16H19NO. The van der Waals surface area contributed by atoms with Crippen LogP contribution in [-0.4, -0.2) is 14.2 Å². The number of likely N-dealkylation sites (N-methyl/N-ethyl adjacent to an activating group) is 1. The lowest BCUT2D eigenvalue weighted by atomic mass is 9.96. The molecule has 0 aliphatic carbocycles. The highest BCUT2D eigenvalue weighted by atomic mass is 16.5. The number of benzene rings is 2. The van der Waals surface area contributed by atoms with Crippen molar-refractivity contribution < 1.29 is 4.74 Å². The molecular weight excluding hydrogens is 222 g/mol. The van der Waals surface area contributed by atoms with Crippen LogP contribution >= 0.6 is 0 Å². The summed E-state index contributed by atoms with van der Waals surface area (Å²) in [6.07, 6.45) is 0.0126. The van der Waals surface area contributed by atoms with Crippen LogP contribution in [0.2, 0.25) is 0 Å². The summed E-state index contributed by atoms with van der Waals surface area (Å²) in [6, 6.07) is 20.8. The molecule has 0 bridgehead atoms. The SMILES string of the molecule is CN[C@H](c1ccccc1)[C@H](OC)c1ccccc1. The molecule has 2 aromatic rings. The average molecular weight is 241 g/mol. The van der Waals surface area contributed by atoms with E-state index in [0.717, 1.165) is 0 Å². The zero-order valence-corrected chi connectivity index (χ0v) is 10.8. The molecule has 18 heavy (non-hydrogen) atoms. The van der Waals surface area contributed by atoms with E-state index in [1.807, 2.05) is 31.3 Å². The maximum Gasteiger partial charge on any atom is 0.102 e. The Morgan fingerprint density at radius 2 is 1.33 bits per heavy atom. The number of hydrogen-bond donors (Lipinski definition) is 1. The first-order chi connectivity index (χ1) is 8.86. The maximum absolute atomic E-state index is 5.68. The molecule has 0 amide bonds. The predicted octanol–water partition coefficient (Wildman–Crippen LogP) is 3.33. The topological polar surface area (TPSA) is 21.3 Å². The second-order valence-electron chi connectivity index (χ2n) is 4.24. The Balaban J connectivity index is 2.31. The largest absolute Gasteiger partial charge is 0.375 e. The van der Waals surface area contributed by atoms with Gasteiger partial charge in [-0.2, -0.15) is 0 Å². The lowest BCUT2D eigenvalue weighted by Crippen LogP contribution is -2.25. The molecule has 1 N–H and O–H groups in total. The van der Waals surface area contributed by atoms with Crippen molar-refractivity contribution in [3.63, 3.8) is 0 Å². The molecule has 94 valence electrons. The molecule has 0 spiro atoms. The third-order valence-corrected chi connectivity index (χ3v) is 3.15. The van der Waals surface area contributed by atoms with Gasteiger partial charge in [0, 0.05) is 7.11 Å². The van der Waals surface area contributed by atoms with Gasteiger partial charge in [-0.1, -0.05) is 60.7 Å². The fourth-order valence-corrected chi connectivity index (χ4v) is 2.26. The zero-order valence-electron chi connectivity index (χ0n) is 10.8. The Hall–Kier alpha value is -1.64. The van der Waals surface area contributed by atoms with Gasteiger partial charge in [0.1, 0.15) is 6.10 Å². The summed E-state index contributed by atoms with van der Waals surface area (Å²) in [4.78, 5) is 0. The number of hydrogen-bond acceptors (Lipinski definition) is 2. The van der Waals surface area contributed by atoms with E-state index in [1.54, 1.807) is 7.11 Å². The summed E-state index contributed by atoms with van der Waals surface area (Å²) in [6.45, 7) is 0. The third-order valence-electron chi connectivity index (χ3n) is 3.15. The van der Waals surface area contributed by atoms with Crippen molar-refractivity contribution in [3.05, 3.63) is 71.8 Å². The molecule has 2 nitrogen and oxygen atoms in total. The van der Waals surface area contributed by atoms with Gasteiger partial charge in [0.15, 0.2) is 0 Å². The second-order valence-corrected chi connectivity index (χ2v) is 4.24. The molecule has 0 aliphatic rings. The Kier molecular flexibility index (Phi) is 4.51. The lowest BCUT2D eigenvalue weighted by Gasteiger charge is -2.26. The zero-order chi connectivity index (χ0) is 12.8. The minimum atomic E-state index is 0.0126. The van der Waals surface area contributed by atoms with E-state index in [2.05, 4.69) is 41.7 Å². The molecule has 0 aliphatic heterocycles. The minimum absolute atomic E-state index is 0.0126. The second kappa shape index (κ2) is 6.34. The van der Waals surface area contributed by atoms with Crippen molar-refractivity contribution >= 4 is 0 Å². The van der Waals surface area contributed by atoms with Crippen LogP contribution in [0.1, 0.15) is 23.3 Å². The van der Waals surface area contributed by atoms with Gasteiger partial charge in [-0.15, -0.1) is 0 Å². The maximum atomic E-state index is 5.68. The van der Waals surface area contributed by atoms with Crippen molar-refractivity contribution in [3.8, 4) is 0 Å². The summed E-state index contributed by atoms with van der Waals surface area (Å²) in [5, 5.41) is 3.34. The van der Waals surface area contributed by atoms with Crippen molar-refractivity contribution in [1.82, 2.24) is 5.32 Å². The standard InChI is InChI=1S/C16H19NO/c1-17-15(13-9-5-3-6-10-13)16(18-2)14-11-7-4-8-12-14/h3-12,15-17H,1-2H3/t15-,16-/m1/s1. The molecule has 0 heterocycles. The lowest BCUT2D eigenvalue weighted by molar-refractivity contribution is 0.0702. The van der Waals surface area contributed by atoms with Crippen LogP contribution in [0.15, 0.2) is 60.7 Å². The fraction of sp³-hybridized carbons (Fsp3) is 0.250. The minimum Gasteiger partial charge on any atom is -0.375 e. The molecule has 0 unspecified atom stereocenters. The van der Waals surface area contributed by atoms with Crippen LogP contribution in [0.5, 0.6) is 0 Å². The third kappa shape index (κ3) is 2.78. The van der Waals surface area contributed by atoms with E-state index in [1.165, 1.54) is 11.1 Å². The van der Waals surface area contributed by atoms with Crippen LogP contribution in [0, 0.1) is 0 Å². The smallest absolute Gasteiger partial charge is 0.102 e. The predicted molar refractivity (Wildman–Crippen MR) is 74.4 cm³/mol. The molecule has 0 radical (unpaired) electrons. The number of ether oxygens (including phenoxy) is 1. The van der Waals surface area contributed by atoms with Crippen LogP contribution in [0.3, 0.4) is 0 Å². The summed E-state index contributed by atoms with van der Waals surface area (Å²) in [5.74, 6) is 0. The Morgan fingerprint density at radius 1 is 0.833 bits per heavy atom. The number of rotatable bonds is 5. The van der Waals surface area contributed by atoms with E-state index < -0.39 is 0 Å². The number of methoxy groups -OCH3 is 1. The molecule has 0 aromatic heterocycles. The quantitative estimate of drug-likeness (QED) is 0.867. The van der Waals surface area contributed by atoms with Crippen molar-refractivity contribution in [2.24, 2.45) is 0 Å². The highest BCUT2D eigenvalue weighted by Gasteiger charge is 2.22. The van der Waals surface area contributed by atoms with Gasteiger partial charge >= 0.3 is 0 Å². The van der Waals surface area contributed by atoms with Gasteiger partial charge in [-0.3, -0.25) is 0 Å². The molecule has 2 rings (SSSR count). The molecule has 0 fully saturated rings. The monoisotopic (exact) mass is 241 g/mol. The Bertz CT molecular complexity index is 410. The summed E-state index contributed by atoms with van der Waals surface area (Å²) < 4.78 is 5.68.